The number of alkyl halides is 1. The first kappa shape index (κ1) is 9.84. The van der Waals surface area contributed by atoms with Crippen LogP contribution in [0.25, 0.3) is 0 Å². The lowest BCUT2D eigenvalue weighted by Gasteiger charge is -2.40. The van der Waals surface area contributed by atoms with Crippen LogP contribution in [0.15, 0.2) is 28.7 Å². The second kappa shape index (κ2) is 3.46. The van der Waals surface area contributed by atoms with Crippen molar-refractivity contribution in [2.45, 2.75) is 24.4 Å². The first-order valence-corrected chi connectivity index (χ1v) is 5.33. The number of benzene rings is 1. The van der Waals surface area contributed by atoms with Crippen molar-refractivity contribution in [1.29, 1.82) is 0 Å². The lowest BCUT2D eigenvalue weighted by atomic mass is 9.64. The molecule has 0 atom stereocenters. The molecule has 0 saturated heterocycles. The molecule has 1 aliphatic carbocycles. The molecule has 74 valence electrons. The van der Waals surface area contributed by atoms with E-state index in [1.165, 1.54) is 0 Å². The van der Waals surface area contributed by atoms with Gasteiger partial charge in [-0.25, -0.2) is 4.39 Å². The highest BCUT2D eigenvalue weighted by molar-refractivity contribution is 9.10. The summed E-state index contributed by atoms with van der Waals surface area (Å²) in [5, 5.41) is 0. The molecule has 1 aromatic carbocycles. The Balaban J connectivity index is 2.38. The van der Waals surface area contributed by atoms with E-state index in [9.17, 15) is 9.18 Å². The molecule has 2 rings (SSSR count). The molecule has 1 nitrogen and oxygen atoms in total. The van der Waals surface area contributed by atoms with Gasteiger partial charge >= 0.3 is 0 Å². The Morgan fingerprint density at radius 1 is 1.43 bits per heavy atom. The van der Waals surface area contributed by atoms with E-state index < -0.39 is 11.6 Å². The minimum absolute atomic E-state index is 0.319. The normalized spacial score (nSPS) is 30.9. The molecule has 0 unspecified atom stereocenters. The van der Waals surface area contributed by atoms with Gasteiger partial charge < -0.3 is 4.79 Å². The van der Waals surface area contributed by atoms with Crippen LogP contribution >= 0.6 is 15.9 Å². The summed E-state index contributed by atoms with van der Waals surface area (Å²) < 4.78 is 13.7. The predicted octanol–water partition coefficient (Wildman–Crippen LogP) is 3.02. The molecular weight excluding hydrogens is 247 g/mol. The Bertz CT molecular complexity index is 358. The van der Waals surface area contributed by atoms with Gasteiger partial charge in [0.05, 0.1) is 5.41 Å². The smallest absolute Gasteiger partial charge is 0.130 e. The average molecular weight is 257 g/mol. The van der Waals surface area contributed by atoms with Gasteiger partial charge in [0.2, 0.25) is 0 Å². The standard InChI is InChI=1S/C11H10BrFO/c12-10-4-2-1-3-9(10)11(7-14)5-8(13)6-11/h1-4,7-8H,5-6H2. The summed E-state index contributed by atoms with van der Waals surface area (Å²) in [4.78, 5) is 11.0. The Morgan fingerprint density at radius 3 is 2.57 bits per heavy atom. The van der Waals surface area contributed by atoms with Crippen molar-refractivity contribution in [3.8, 4) is 0 Å². The van der Waals surface area contributed by atoms with Crippen molar-refractivity contribution >= 4 is 22.2 Å². The predicted molar refractivity (Wildman–Crippen MR) is 56.0 cm³/mol. The van der Waals surface area contributed by atoms with Crippen LogP contribution in [0.3, 0.4) is 0 Å². The van der Waals surface area contributed by atoms with E-state index in [4.69, 9.17) is 0 Å². The van der Waals surface area contributed by atoms with Crippen LogP contribution < -0.4 is 0 Å². The fourth-order valence-electron chi connectivity index (χ4n) is 1.98. The summed E-state index contributed by atoms with van der Waals surface area (Å²) in [7, 11) is 0. The number of halogens is 2. The monoisotopic (exact) mass is 256 g/mol. The van der Waals surface area contributed by atoms with Crippen molar-refractivity contribution in [3.63, 3.8) is 0 Å². The molecular formula is C11H10BrFO. The first-order valence-electron chi connectivity index (χ1n) is 4.53. The van der Waals surface area contributed by atoms with Gasteiger partial charge in [-0.2, -0.15) is 0 Å². The zero-order valence-corrected chi connectivity index (χ0v) is 9.13. The van der Waals surface area contributed by atoms with Gasteiger partial charge in [-0.1, -0.05) is 34.1 Å². The van der Waals surface area contributed by atoms with Gasteiger partial charge in [0.1, 0.15) is 12.5 Å². The third-order valence-electron chi connectivity index (χ3n) is 2.81. The summed E-state index contributed by atoms with van der Waals surface area (Å²) in [5.74, 6) is 0. The van der Waals surface area contributed by atoms with Gasteiger partial charge in [0, 0.05) is 4.47 Å². The molecule has 0 spiro atoms. The van der Waals surface area contributed by atoms with Crippen molar-refractivity contribution in [1.82, 2.24) is 0 Å². The highest BCUT2D eigenvalue weighted by Crippen LogP contribution is 2.46. The molecule has 1 aromatic rings. The van der Waals surface area contributed by atoms with Crippen molar-refractivity contribution < 1.29 is 9.18 Å². The van der Waals surface area contributed by atoms with Crippen molar-refractivity contribution in [2.24, 2.45) is 0 Å². The molecule has 0 heterocycles. The molecule has 14 heavy (non-hydrogen) atoms. The summed E-state index contributed by atoms with van der Waals surface area (Å²) >= 11 is 3.39. The summed E-state index contributed by atoms with van der Waals surface area (Å²) in [6.45, 7) is 0. The number of carbonyl (C=O) groups excluding carboxylic acids is 1. The van der Waals surface area contributed by atoms with Crippen LogP contribution in [-0.4, -0.2) is 12.5 Å². The van der Waals surface area contributed by atoms with Gasteiger partial charge in [0.25, 0.3) is 0 Å². The summed E-state index contributed by atoms with van der Waals surface area (Å²) in [6, 6.07) is 7.52. The minimum Gasteiger partial charge on any atom is -0.302 e. The quantitative estimate of drug-likeness (QED) is 0.744. The van der Waals surface area contributed by atoms with Crippen LogP contribution in [0.5, 0.6) is 0 Å². The van der Waals surface area contributed by atoms with Gasteiger partial charge in [-0.15, -0.1) is 0 Å². The lowest BCUT2D eigenvalue weighted by molar-refractivity contribution is -0.117. The molecule has 3 heteroatoms. The fraction of sp³-hybridized carbons (Fsp3) is 0.364. The molecule has 0 bridgehead atoms. The maximum atomic E-state index is 12.8. The van der Waals surface area contributed by atoms with Crippen molar-refractivity contribution in [2.75, 3.05) is 0 Å². The van der Waals surface area contributed by atoms with Gasteiger partial charge in [-0.05, 0) is 24.5 Å². The number of hydrogen-bond acceptors (Lipinski definition) is 1. The molecule has 1 saturated carbocycles. The zero-order valence-electron chi connectivity index (χ0n) is 7.54. The second-order valence-electron chi connectivity index (χ2n) is 3.76. The van der Waals surface area contributed by atoms with Crippen LogP contribution in [-0.2, 0) is 10.2 Å². The topological polar surface area (TPSA) is 17.1 Å². The fourth-order valence-corrected chi connectivity index (χ4v) is 2.65. The molecule has 1 fully saturated rings. The van der Waals surface area contributed by atoms with E-state index >= 15 is 0 Å². The Labute approximate surface area is 90.4 Å². The SMILES string of the molecule is O=CC1(c2ccccc2Br)CC(F)C1. The van der Waals surface area contributed by atoms with E-state index in [0.717, 1.165) is 16.3 Å². The van der Waals surface area contributed by atoms with E-state index in [2.05, 4.69) is 15.9 Å². The third-order valence-corrected chi connectivity index (χ3v) is 3.50. The van der Waals surface area contributed by atoms with E-state index in [-0.39, 0.29) is 0 Å². The van der Waals surface area contributed by atoms with E-state index in [1.807, 2.05) is 24.3 Å². The van der Waals surface area contributed by atoms with Crippen molar-refractivity contribution in [3.05, 3.63) is 34.3 Å². The molecule has 1 aliphatic rings. The van der Waals surface area contributed by atoms with Crippen LogP contribution in [0, 0.1) is 0 Å². The van der Waals surface area contributed by atoms with Gasteiger partial charge in [0.15, 0.2) is 0 Å². The maximum absolute atomic E-state index is 12.8. The van der Waals surface area contributed by atoms with E-state index in [1.54, 1.807) is 0 Å². The summed E-state index contributed by atoms with van der Waals surface area (Å²) in [6.07, 6.45) is 0.689. The largest absolute Gasteiger partial charge is 0.302 e. The van der Waals surface area contributed by atoms with Gasteiger partial charge in [-0.3, -0.25) is 0 Å². The number of aldehydes is 1. The Kier molecular flexibility index (Phi) is 2.43. The molecule has 0 radical (unpaired) electrons. The molecule has 0 N–H and O–H groups in total. The third kappa shape index (κ3) is 1.40. The zero-order chi connectivity index (χ0) is 10.2. The van der Waals surface area contributed by atoms with Crippen LogP contribution in [0.2, 0.25) is 0 Å². The first-order chi connectivity index (χ1) is 6.68. The average Bonchev–Trinajstić information content (AvgIpc) is 2.14. The maximum Gasteiger partial charge on any atom is 0.130 e. The Morgan fingerprint density at radius 2 is 2.07 bits per heavy atom. The highest BCUT2D eigenvalue weighted by Gasteiger charge is 2.46. The lowest BCUT2D eigenvalue weighted by Crippen LogP contribution is -2.44. The second-order valence-corrected chi connectivity index (χ2v) is 4.61. The highest BCUT2D eigenvalue weighted by atomic mass is 79.9. The van der Waals surface area contributed by atoms with E-state index in [0.29, 0.717) is 12.8 Å². The number of carbonyl (C=O) groups is 1. The van der Waals surface area contributed by atoms with Crippen LogP contribution in [0.4, 0.5) is 4.39 Å². The molecule has 0 aromatic heterocycles. The molecule has 0 aliphatic heterocycles. The molecule has 0 amide bonds. The number of rotatable bonds is 2. The Hall–Kier alpha value is -0.700. The summed E-state index contributed by atoms with van der Waals surface area (Å²) in [5.41, 5.74) is 0.323. The van der Waals surface area contributed by atoms with Crippen LogP contribution in [0.1, 0.15) is 18.4 Å². The number of hydrogen-bond donors (Lipinski definition) is 0. The minimum atomic E-state index is -0.827.